The van der Waals surface area contributed by atoms with Gasteiger partial charge in [-0.1, -0.05) is 13.3 Å². The summed E-state index contributed by atoms with van der Waals surface area (Å²) < 4.78 is 5.28. The third-order valence-corrected chi connectivity index (χ3v) is 3.03. The van der Waals surface area contributed by atoms with E-state index in [-0.39, 0.29) is 0 Å². The summed E-state index contributed by atoms with van der Waals surface area (Å²) >= 11 is 1.55. The largest absolute Gasteiger partial charge is 0.480 e. The van der Waals surface area contributed by atoms with Gasteiger partial charge in [-0.3, -0.25) is 0 Å². The maximum Gasteiger partial charge on any atom is 0.326 e. The second-order valence-corrected chi connectivity index (χ2v) is 5.02. The van der Waals surface area contributed by atoms with Gasteiger partial charge in [0.15, 0.2) is 0 Å². The van der Waals surface area contributed by atoms with Crippen LogP contribution in [0.25, 0.3) is 0 Å². The fraction of sp³-hybridized carbons (Fsp3) is 0.833. The number of rotatable bonds is 11. The SMILES string of the molecule is CCCCOCCNC(=O)N[C@H](CCSC)C(=O)O. The minimum atomic E-state index is -1.01. The van der Waals surface area contributed by atoms with Crippen molar-refractivity contribution in [2.24, 2.45) is 0 Å². The lowest BCUT2D eigenvalue weighted by atomic mass is 10.2. The van der Waals surface area contributed by atoms with Crippen LogP contribution in [0.15, 0.2) is 0 Å². The summed E-state index contributed by atoms with van der Waals surface area (Å²) in [6, 6.07) is -1.30. The number of carboxylic acid groups (broad SMARTS) is 1. The van der Waals surface area contributed by atoms with Gasteiger partial charge in [0.2, 0.25) is 0 Å². The van der Waals surface area contributed by atoms with Crippen LogP contribution >= 0.6 is 11.8 Å². The first-order valence-electron chi connectivity index (χ1n) is 6.45. The Morgan fingerprint density at radius 1 is 1.37 bits per heavy atom. The van der Waals surface area contributed by atoms with E-state index in [4.69, 9.17) is 9.84 Å². The number of urea groups is 1. The zero-order valence-corrected chi connectivity index (χ0v) is 12.4. The fourth-order valence-corrected chi connectivity index (χ4v) is 1.76. The van der Waals surface area contributed by atoms with Gasteiger partial charge in [0.25, 0.3) is 0 Å². The molecule has 0 radical (unpaired) electrons. The van der Waals surface area contributed by atoms with Crippen molar-refractivity contribution in [1.82, 2.24) is 10.6 Å². The van der Waals surface area contributed by atoms with Crippen LogP contribution in [0.4, 0.5) is 4.79 Å². The standard InChI is InChI=1S/C12H24N2O4S/c1-3-4-7-18-8-6-13-12(17)14-10(11(15)16)5-9-19-2/h10H,3-9H2,1-2H3,(H,15,16)(H2,13,14,17)/t10-/m1/s1. The fourth-order valence-electron chi connectivity index (χ4n) is 1.29. The Balaban J connectivity index is 3.71. The molecule has 0 unspecified atom stereocenters. The van der Waals surface area contributed by atoms with Gasteiger partial charge in [0, 0.05) is 13.2 Å². The van der Waals surface area contributed by atoms with Crippen molar-refractivity contribution in [3.63, 3.8) is 0 Å². The van der Waals surface area contributed by atoms with Crippen molar-refractivity contribution in [2.75, 3.05) is 31.8 Å². The lowest BCUT2D eigenvalue weighted by molar-refractivity contribution is -0.139. The molecule has 0 fully saturated rings. The maximum atomic E-state index is 11.5. The number of unbranched alkanes of at least 4 members (excludes halogenated alkanes) is 1. The molecular weight excluding hydrogens is 268 g/mol. The molecule has 0 saturated heterocycles. The Hall–Kier alpha value is -0.950. The molecule has 19 heavy (non-hydrogen) atoms. The van der Waals surface area contributed by atoms with Gasteiger partial charge < -0.3 is 20.5 Å². The number of hydrogen-bond donors (Lipinski definition) is 3. The predicted octanol–water partition coefficient (Wildman–Crippen LogP) is 1.31. The quantitative estimate of drug-likeness (QED) is 0.500. The molecule has 0 aromatic heterocycles. The highest BCUT2D eigenvalue weighted by atomic mass is 32.2. The number of carbonyl (C=O) groups is 2. The van der Waals surface area contributed by atoms with Crippen LogP contribution in [-0.4, -0.2) is 54.9 Å². The van der Waals surface area contributed by atoms with Gasteiger partial charge in [-0.25, -0.2) is 9.59 Å². The van der Waals surface area contributed by atoms with E-state index in [0.717, 1.165) is 12.8 Å². The van der Waals surface area contributed by atoms with Crippen molar-refractivity contribution < 1.29 is 19.4 Å². The second kappa shape index (κ2) is 12.1. The number of hydrogen-bond acceptors (Lipinski definition) is 4. The summed E-state index contributed by atoms with van der Waals surface area (Å²) in [6.45, 7) is 3.58. The lowest BCUT2D eigenvalue weighted by Crippen LogP contribution is -2.47. The number of nitrogens with one attached hydrogen (secondary N) is 2. The molecule has 6 nitrogen and oxygen atoms in total. The molecule has 0 aromatic rings. The lowest BCUT2D eigenvalue weighted by Gasteiger charge is -2.14. The Labute approximate surface area is 118 Å². The topological polar surface area (TPSA) is 87.7 Å². The Kier molecular flexibility index (Phi) is 11.5. The summed E-state index contributed by atoms with van der Waals surface area (Å²) in [5.41, 5.74) is 0. The van der Waals surface area contributed by atoms with Crippen molar-refractivity contribution in [3.8, 4) is 0 Å². The van der Waals surface area contributed by atoms with E-state index in [1.807, 2.05) is 6.26 Å². The van der Waals surface area contributed by atoms with Crippen molar-refractivity contribution in [3.05, 3.63) is 0 Å². The minimum absolute atomic E-state index is 0.379. The highest BCUT2D eigenvalue weighted by Gasteiger charge is 2.18. The summed E-state index contributed by atoms with van der Waals surface area (Å²) in [4.78, 5) is 22.4. The van der Waals surface area contributed by atoms with E-state index in [1.54, 1.807) is 11.8 Å². The molecule has 112 valence electrons. The normalized spacial score (nSPS) is 11.9. The zero-order chi connectivity index (χ0) is 14.5. The Bertz CT molecular complexity index is 264. The van der Waals surface area contributed by atoms with E-state index in [0.29, 0.717) is 31.9 Å². The van der Waals surface area contributed by atoms with Gasteiger partial charge in [0.1, 0.15) is 6.04 Å². The van der Waals surface area contributed by atoms with Crippen molar-refractivity contribution in [2.45, 2.75) is 32.2 Å². The first-order chi connectivity index (χ1) is 9.11. The van der Waals surface area contributed by atoms with E-state index in [2.05, 4.69) is 17.6 Å². The molecule has 0 aliphatic rings. The van der Waals surface area contributed by atoms with Gasteiger partial charge >= 0.3 is 12.0 Å². The third kappa shape index (κ3) is 10.6. The molecule has 7 heteroatoms. The highest BCUT2D eigenvalue weighted by Crippen LogP contribution is 2.00. The molecule has 0 aliphatic carbocycles. The van der Waals surface area contributed by atoms with Crippen LogP contribution in [0.2, 0.25) is 0 Å². The zero-order valence-electron chi connectivity index (χ0n) is 11.6. The van der Waals surface area contributed by atoms with E-state index in [1.165, 1.54) is 0 Å². The molecule has 3 N–H and O–H groups in total. The van der Waals surface area contributed by atoms with Crippen LogP contribution in [0.1, 0.15) is 26.2 Å². The molecule has 0 rings (SSSR count). The van der Waals surface area contributed by atoms with Crippen molar-refractivity contribution in [1.29, 1.82) is 0 Å². The van der Waals surface area contributed by atoms with E-state index in [9.17, 15) is 9.59 Å². The average Bonchev–Trinajstić information content (AvgIpc) is 2.38. The molecule has 2 amide bonds. The van der Waals surface area contributed by atoms with Crippen LogP contribution in [0.5, 0.6) is 0 Å². The molecule has 0 aliphatic heterocycles. The van der Waals surface area contributed by atoms with Crippen LogP contribution in [-0.2, 0) is 9.53 Å². The van der Waals surface area contributed by atoms with E-state index >= 15 is 0 Å². The molecule has 1 atom stereocenters. The number of aliphatic carboxylic acids is 1. The van der Waals surface area contributed by atoms with Crippen LogP contribution in [0.3, 0.4) is 0 Å². The van der Waals surface area contributed by atoms with Crippen LogP contribution in [0, 0.1) is 0 Å². The monoisotopic (exact) mass is 292 g/mol. The Morgan fingerprint density at radius 2 is 2.11 bits per heavy atom. The first-order valence-corrected chi connectivity index (χ1v) is 7.85. The molecule has 0 aromatic carbocycles. The summed E-state index contributed by atoms with van der Waals surface area (Å²) in [7, 11) is 0. The number of carboxylic acids is 1. The molecular formula is C12H24N2O4S. The smallest absolute Gasteiger partial charge is 0.326 e. The molecule has 0 bridgehead atoms. The average molecular weight is 292 g/mol. The van der Waals surface area contributed by atoms with Gasteiger partial charge in [-0.15, -0.1) is 0 Å². The minimum Gasteiger partial charge on any atom is -0.480 e. The van der Waals surface area contributed by atoms with Crippen LogP contribution < -0.4 is 10.6 Å². The Morgan fingerprint density at radius 3 is 2.68 bits per heavy atom. The summed E-state index contributed by atoms with van der Waals surface area (Å²) in [6.07, 6.45) is 4.38. The van der Waals surface area contributed by atoms with Gasteiger partial charge in [-0.2, -0.15) is 11.8 Å². The number of thioether (sulfide) groups is 1. The summed E-state index contributed by atoms with van der Waals surface area (Å²) in [5.74, 6) is -0.319. The van der Waals surface area contributed by atoms with Gasteiger partial charge in [-0.05, 0) is 24.9 Å². The molecule has 0 spiro atoms. The second-order valence-electron chi connectivity index (χ2n) is 4.04. The molecule has 0 saturated carbocycles. The first kappa shape index (κ1) is 18.0. The van der Waals surface area contributed by atoms with Crippen molar-refractivity contribution >= 4 is 23.8 Å². The predicted molar refractivity (Wildman–Crippen MR) is 76.7 cm³/mol. The maximum absolute atomic E-state index is 11.5. The number of carbonyl (C=O) groups excluding carboxylic acids is 1. The summed E-state index contributed by atoms with van der Waals surface area (Å²) in [5, 5.41) is 14.0. The number of amides is 2. The number of ether oxygens (including phenoxy) is 1. The molecule has 0 heterocycles. The highest BCUT2D eigenvalue weighted by molar-refractivity contribution is 7.98. The van der Waals surface area contributed by atoms with Gasteiger partial charge in [0.05, 0.1) is 6.61 Å². The van der Waals surface area contributed by atoms with E-state index < -0.39 is 18.0 Å². The third-order valence-electron chi connectivity index (χ3n) is 2.39.